The fourth-order valence-corrected chi connectivity index (χ4v) is 3.12. The third kappa shape index (κ3) is 4.69. The SMILES string of the molecule is CC1=NN(C(C)C)/C(=C(/C=C/c2cnn(C)c2C)NCc2cnn(C)c2)C1.N. The minimum atomic E-state index is 0. The van der Waals surface area contributed by atoms with Gasteiger partial charge in [-0.05, 0) is 39.8 Å². The Morgan fingerprint density at radius 3 is 2.54 bits per heavy atom. The van der Waals surface area contributed by atoms with Crippen LogP contribution in [0.3, 0.4) is 0 Å². The maximum atomic E-state index is 4.71. The van der Waals surface area contributed by atoms with Gasteiger partial charge in [0.1, 0.15) is 0 Å². The van der Waals surface area contributed by atoms with Gasteiger partial charge in [-0.1, -0.05) is 0 Å². The topological polar surface area (TPSA) is 98.3 Å². The largest absolute Gasteiger partial charge is 0.379 e. The predicted molar refractivity (Wildman–Crippen MR) is 114 cm³/mol. The minimum absolute atomic E-state index is 0. The molecule has 0 aliphatic carbocycles. The van der Waals surface area contributed by atoms with Crippen LogP contribution in [0.5, 0.6) is 0 Å². The highest BCUT2D eigenvalue weighted by Crippen LogP contribution is 2.25. The highest BCUT2D eigenvalue weighted by atomic mass is 15.5. The summed E-state index contributed by atoms with van der Waals surface area (Å²) in [4.78, 5) is 0. The number of nitrogens with zero attached hydrogens (tertiary/aromatic N) is 6. The van der Waals surface area contributed by atoms with E-state index in [-0.39, 0.29) is 6.15 Å². The van der Waals surface area contributed by atoms with Gasteiger partial charge in [0.15, 0.2) is 0 Å². The molecule has 0 bridgehead atoms. The molecule has 1 aliphatic heterocycles. The van der Waals surface area contributed by atoms with Crippen molar-refractivity contribution in [3.63, 3.8) is 0 Å². The van der Waals surface area contributed by atoms with Crippen LogP contribution in [-0.2, 0) is 20.6 Å². The summed E-state index contributed by atoms with van der Waals surface area (Å²) < 4.78 is 3.71. The van der Waals surface area contributed by atoms with E-state index in [1.165, 1.54) is 5.70 Å². The Balaban J connectivity index is 0.00000280. The Kier molecular flexibility index (Phi) is 6.80. The lowest BCUT2D eigenvalue weighted by Crippen LogP contribution is -2.25. The lowest BCUT2D eigenvalue weighted by atomic mass is 10.1. The van der Waals surface area contributed by atoms with Crippen molar-refractivity contribution in [2.75, 3.05) is 0 Å². The van der Waals surface area contributed by atoms with Crippen molar-refractivity contribution in [3.8, 4) is 0 Å². The number of hydrogen-bond acceptors (Lipinski definition) is 6. The zero-order chi connectivity index (χ0) is 19.6. The zero-order valence-corrected chi connectivity index (χ0v) is 17.8. The normalized spacial score (nSPS) is 16.0. The molecule has 0 aromatic carbocycles. The lowest BCUT2D eigenvalue weighted by molar-refractivity contribution is 0.306. The van der Waals surface area contributed by atoms with Crippen LogP contribution in [-0.4, -0.2) is 36.3 Å². The Labute approximate surface area is 167 Å². The molecule has 2 aromatic heterocycles. The van der Waals surface area contributed by atoms with E-state index in [2.05, 4.69) is 60.4 Å². The van der Waals surface area contributed by atoms with Crippen LogP contribution in [0.2, 0.25) is 0 Å². The molecule has 4 N–H and O–H groups in total. The molecule has 152 valence electrons. The Morgan fingerprint density at radius 2 is 1.96 bits per heavy atom. The van der Waals surface area contributed by atoms with Crippen molar-refractivity contribution in [3.05, 3.63) is 52.9 Å². The van der Waals surface area contributed by atoms with E-state index >= 15 is 0 Å². The summed E-state index contributed by atoms with van der Waals surface area (Å²) in [5.41, 5.74) is 6.81. The van der Waals surface area contributed by atoms with E-state index in [4.69, 9.17) is 5.10 Å². The number of aromatic nitrogens is 4. The lowest BCUT2D eigenvalue weighted by Gasteiger charge is -2.23. The fourth-order valence-electron chi connectivity index (χ4n) is 3.12. The smallest absolute Gasteiger partial charge is 0.0658 e. The van der Waals surface area contributed by atoms with Crippen molar-refractivity contribution < 1.29 is 0 Å². The molecule has 0 saturated heterocycles. The molecule has 8 nitrogen and oxygen atoms in total. The van der Waals surface area contributed by atoms with Crippen molar-refractivity contribution in [1.82, 2.24) is 36.0 Å². The van der Waals surface area contributed by atoms with Gasteiger partial charge in [-0.2, -0.15) is 15.3 Å². The molecule has 2 aromatic rings. The third-order valence-corrected chi connectivity index (χ3v) is 4.72. The summed E-state index contributed by atoms with van der Waals surface area (Å²) in [5, 5.41) is 19.0. The van der Waals surface area contributed by atoms with Gasteiger partial charge in [-0.15, -0.1) is 0 Å². The molecule has 0 atom stereocenters. The first-order chi connectivity index (χ1) is 12.8. The van der Waals surface area contributed by atoms with E-state index in [0.717, 1.165) is 34.7 Å². The van der Waals surface area contributed by atoms with Crippen molar-refractivity contribution in [2.24, 2.45) is 19.2 Å². The fraction of sp³-hybridized carbons (Fsp3) is 0.450. The standard InChI is InChI=1S/C20H29N7.H3N/c1-14(2)27-20(9-15(3)24-27)19(21-10-17-11-22-25(5)13-17)8-7-18-12-23-26(6)16(18)4;/h7-8,11-14,21H,9-10H2,1-6H3;1H3/b8-7+,20-19-;. The van der Waals surface area contributed by atoms with Crippen LogP contribution in [0.4, 0.5) is 0 Å². The summed E-state index contributed by atoms with van der Waals surface area (Å²) in [6, 6.07) is 0.307. The molecule has 8 heteroatoms. The summed E-state index contributed by atoms with van der Waals surface area (Å²) in [7, 11) is 3.89. The van der Waals surface area contributed by atoms with Gasteiger partial charge in [-0.3, -0.25) is 14.4 Å². The van der Waals surface area contributed by atoms with Gasteiger partial charge >= 0.3 is 0 Å². The number of rotatable bonds is 6. The summed E-state index contributed by atoms with van der Waals surface area (Å²) >= 11 is 0. The second kappa shape index (κ2) is 8.88. The molecular weight excluding hydrogens is 352 g/mol. The van der Waals surface area contributed by atoms with Gasteiger partial charge in [-0.25, -0.2) is 0 Å². The molecule has 0 spiro atoms. The first-order valence-electron chi connectivity index (χ1n) is 9.29. The van der Waals surface area contributed by atoms with Crippen LogP contribution >= 0.6 is 0 Å². The molecule has 28 heavy (non-hydrogen) atoms. The minimum Gasteiger partial charge on any atom is -0.379 e. The van der Waals surface area contributed by atoms with E-state index in [1.54, 1.807) is 0 Å². The number of hydrazone groups is 1. The summed E-state index contributed by atoms with van der Waals surface area (Å²) in [6.07, 6.45) is 10.9. The Hall–Kier alpha value is -2.87. The van der Waals surface area contributed by atoms with Crippen molar-refractivity contribution in [1.29, 1.82) is 0 Å². The number of aryl methyl sites for hydroxylation is 2. The molecule has 0 fully saturated rings. The second-order valence-corrected chi connectivity index (χ2v) is 7.33. The predicted octanol–water partition coefficient (Wildman–Crippen LogP) is 3.13. The number of allylic oxidation sites excluding steroid dienone is 2. The number of hydrogen-bond donors (Lipinski definition) is 2. The first-order valence-corrected chi connectivity index (χ1v) is 9.29. The molecule has 3 rings (SSSR count). The summed E-state index contributed by atoms with van der Waals surface area (Å²) in [6.45, 7) is 9.20. The van der Waals surface area contributed by atoms with Crippen LogP contribution in [0.15, 0.2) is 41.2 Å². The van der Waals surface area contributed by atoms with Gasteiger partial charge in [0.25, 0.3) is 0 Å². The van der Waals surface area contributed by atoms with Gasteiger partial charge in [0, 0.05) is 61.8 Å². The molecule has 0 radical (unpaired) electrons. The van der Waals surface area contributed by atoms with E-state index < -0.39 is 0 Å². The van der Waals surface area contributed by atoms with Crippen LogP contribution in [0.25, 0.3) is 6.08 Å². The monoisotopic (exact) mass is 384 g/mol. The molecular formula is C20H32N8. The molecule has 0 unspecified atom stereocenters. The second-order valence-electron chi connectivity index (χ2n) is 7.33. The molecule has 1 aliphatic rings. The van der Waals surface area contributed by atoms with E-state index in [1.807, 2.05) is 42.0 Å². The van der Waals surface area contributed by atoms with Gasteiger partial charge < -0.3 is 11.5 Å². The highest BCUT2D eigenvalue weighted by Gasteiger charge is 2.23. The molecule has 0 amide bonds. The molecule has 0 saturated carbocycles. The maximum absolute atomic E-state index is 4.71. The van der Waals surface area contributed by atoms with Gasteiger partial charge in [0.2, 0.25) is 0 Å². The zero-order valence-electron chi connectivity index (χ0n) is 17.8. The highest BCUT2D eigenvalue weighted by molar-refractivity contribution is 5.86. The average Bonchev–Trinajstić information content (AvgIpc) is 3.29. The average molecular weight is 385 g/mol. The van der Waals surface area contributed by atoms with Gasteiger partial charge in [0.05, 0.1) is 23.8 Å². The first kappa shape index (κ1) is 21.4. The van der Waals surface area contributed by atoms with E-state index in [9.17, 15) is 0 Å². The van der Waals surface area contributed by atoms with Crippen LogP contribution in [0, 0.1) is 6.92 Å². The van der Waals surface area contributed by atoms with Crippen molar-refractivity contribution in [2.45, 2.75) is 46.7 Å². The third-order valence-electron chi connectivity index (χ3n) is 4.72. The summed E-state index contributed by atoms with van der Waals surface area (Å²) in [5.74, 6) is 0. The maximum Gasteiger partial charge on any atom is 0.0658 e. The van der Waals surface area contributed by atoms with Crippen LogP contribution < -0.4 is 11.5 Å². The Morgan fingerprint density at radius 1 is 1.21 bits per heavy atom. The van der Waals surface area contributed by atoms with Crippen molar-refractivity contribution >= 4 is 11.8 Å². The van der Waals surface area contributed by atoms with E-state index in [0.29, 0.717) is 12.6 Å². The number of nitrogens with one attached hydrogen (secondary N) is 1. The molecule has 3 heterocycles. The Bertz CT molecular complexity index is 897. The van der Waals surface area contributed by atoms with Crippen LogP contribution in [0.1, 0.15) is 44.0 Å². The quantitative estimate of drug-likeness (QED) is 0.797.